The summed E-state index contributed by atoms with van der Waals surface area (Å²) >= 11 is 0. The van der Waals surface area contributed by atoms with E-state index in [-0.39, 0.29) is 23.8 Å². The van der Waals surface area contributed by atoms with Gasteiger partial charge in [-0.25, -0.2) is 4.98 Å². The van der Waals surface area contributed by atoms with Gasteiger partial charge >= 0.3 is 0 Å². The monoisotopic (exact) mass is 298 g/mol. The third-order valence-corrected chi connectivity index (χ3v) is 4.42. The van der Waals surface area contributed by atoms with Crippen molar-refractivity contribution in [2.75, 3.05) is 13.1 Å². The van der Waals surface area contributed by atoms with Crippen LogP contribution in [0.25, 0.3) is 0 Å². The van der Waals surface area contributed by atoms with Crippen LogP contribution in [0.4, 0.5) is 0 Å². The van der Waals surface area contributed by atoms with Crippen LogP contribution in [0.15, 0.2) is 12.1 Å². The van der Waals surface area contributed by atoms with Crippen molar-refractivity contribution in [1.29, 1.82) is 5.26 Å². The molecule has 2 heterocycles. The number of likely N-dealkylation sites (tertiary alicyclic amines) is 1. The van der Waals surface area contributed by atoms with Crippen LogP contribution in [-0.2, 0) is 4.79 Å². The number of hydrogen-bond donors (Lipinski definition) is 1. The van der Waals surface area contributed by atoms with E-state index < -0.39 is 0 Å². The maximum absolute atomic E-state index is 12.3. The van der Waals surface area contributed by atoms with Gasteiger partial charge in [-0.2, -0.15) is 5.26 Å². The molecule has 1 aromatic rings. The van der Waals surface area contributed by atoms with Crippen LogP contribution in [0.1, 0.15) is 41.0 Å². The molecule has 1 N–H and O–H groups in total. The summed E-state index contributed by atoms with van der Waals surface area (Å²) in [6.07, 6.45) is 3.10. The molecular formula is C16H18N4O2. The van der Waals surface area contributed by atoms with Gasteiger partial charge in [-0.15, -0.1) is 0 Å². The summed E-state index contributed by atoms with van der Waals surface area (Å²) < 4.78 is 0. The highest BCUT2D eigenvalue weighted by Gasteiger charge is 2.35. The molecule has 0 aromatic carbocycles. The van der Waals surface area contributed by atoms with Crippen molar-refractivity contribution in [2.45, 2.75) is 32.2 Å². The SMILES string of the molecule is Cc1nc(C(=O)N2CC(NC(=O)C3CCC3)C2)ccc1C#N. The van der Waals surface area contributed by atoms with Gasteiger partial charge in [0.15, 0.2) is 0 Å². The van der Waals surface area contributed by atoms with Gasteiger partial charge in [-0.05, 0) is 31.9 Å². The van der Waals surface area contributed by atoms with E-state index in [9.17, 15) is 9.59 Å². The highest BCUT2D eigenvalue weighted by Crippen LogP contribution is 2.26. The van der Waals surface area contributed by atoms with E-state index >= 15 is 0 Å². The second kappa shape index (κ2) is 5.76. The molecule has 6 nitrogen and oxygen atoms in total. The number of nitriles is 1. The Morgan fingerprint density at radius 2 is 2.09 bits per heavy atom. The highest BCUT2D eigenvalue weighted by atomic mass is 16.2. The predicted molar refractivity (Wildman–Crippen MR) is 78.9 cm³/mol. The Bertz CT molecular complexity index is 655. The van der Waals surface area contributed by atoms with Crippen LogP contribution >= 0.6 is 0 Å². The first-order valence-electron chi connectivity index (χ1n) is 7.56. The van der Waals surface area contributed by atoms with Gasteiger partial charge in [0.25, 0.3) is 5.91 Å². The summed E-state index contributed by atoms with van der Waals surface area (Å²) in [5.74, 6) is 0.144. The number of carbonyl (C=O) groups is 2. The minimum Gasteiger partial charge on any atom is -0.350 e. The zero-order chi connectivity index (χ0) is 15.7. The Labute approximate surface area is 129 Å². The van der Waals surface area contributed by atoms with E-state index in [1.807, 2.05) is 6.07 Å². The maximum atomic E-state index is 12.3. The molecule has 6 heteroatoms. The molecule has 1 saturated heterocycles. The minimum atomic E-state index is -0.151. The largest absolute Gasteiger partial charge is 0.350 e. The molecule has 114 valence electrons. The van der Waals surface area contributed by atoms with Gasteiger partial charge in [0, 0.05) is 19.0 Å². The number of pyridine rings is 1. The lowest BCUT2D eigenvalue weighted by Crippen LogP contribution is -2.62. The lowest BCUT2D eigenvalue weighted by Gasteiger charge is -2.40. The first-order chi connectivity index (χ1) is 10.6. The molecule has 2 amide bonds. The van der Waals surface area contributed by atoms with E-state index in [2.05, 4.69) is 10.3 Å². The molecule has 1 aromatic heterocycles. The lowest BCUT2D eigenvalue weighted by molar-refractivity contribution is -0.129. The van der Waals surface area contributed by atoms with Crippen molar-refractivity contribution < 1.29 is 9.59 Å². The van der Waals surface area contributed by atoms with Crippen molar-refractivity contribution in [3.05, 3.63) is 29.1 Å². The Morgan fingerprint density at radius 3 is 2.64 bits per heavy atom. The third kappa shape index (κ3) is 2.67. The van der Waals surface area contributed by atoms with Crippen LogP contribution < -0.4 is 5.32 Å². The van der Waals surface area contributed by atoms with Crippen molar-refractivity contribution in [1.82, 2.24) is 15.2 Å². The predicted octanol–water partition coefficient (Wildman–Crippen LogP) is 1.00. The van der Waals surface area contributed by atoms with E-state index in [4.69, 9.17) is 5.26 Å². The molecule has 0 atom stereocenters. The van der Waals surface area contributed by atoms with Gasteiger partial charge in [-0.1, -0.05) is 6.42 Å². The van der Waals surface area contributed by atoms with E-state index in [0.717, 1.165) is 19.3 Å². The van der Waals surface area contributed by atoms with Crippen LogP contribution in [0, 0.1) is 24.2 Å². The highest BCUT2D eigenvalue weighted by molar-refractivity contribution is 5.93. The number of rotatable bonds is 3. The first-order valence-corrected chi connectivity index (χ1v) is 7.56. The van der Waals surface area contributed by atoms with Crippen molar-refractivity contribution in [3.8, 4) is 6.07 Å². The third-order valence-electron chi connectivity index (χ3n) is 4.42. The summed E-state index contributed by atoms with van der Waals surface area (Å²) in [5, 5.41) is 11.9. The molecule has 0 unspecified atom stereocenters. The number of amides is 2. The Balaban J connectivity index is 1.54. The Morgan fingerprint density at radius 1 is 1.36 bits per heavy atom. The van der Waals surface area contributed by atoms with Crippen molar-refractivity contribution >= 4 is 11.8 Å². The fourth-order valence-corrected chi connectivity index (χ4v) is 2.69. The number of aryl methyl sites for hydroxylation is 1. The van der Waals surface area contributed by atoms with E-state index in [0.29, 0.717) is 30.0 Å². The van der Waals surface area contributed by atoms with E-state index in [1.165, 1.54) is 0 Å². The average molecular weight is 298 g/mol. The Kier molecular flexibility index (Phi) is 3.80. The van der Waals surface area contributed by atoms with Crippen molar-refractivity contribution in [3.63, 3.8) is 0 Å². The van der Waals surface area contributed by atoms with Crippen LogP contribution in [0.2, 0.25) is 0 Å². The molecule has 0 bridgehead atoms. The molecule has 1 aliphatic carbocycles. The number of aromatic nitrogens is 1. The molecule has 2 fully saturated rings. The summed E-state index contributed by atoms with van der Waals surface area (Å²) in [5.41, 5.74) is 1.38. The van der Waals surface area contributed by atoms with Gasteiger partial charge in [0.1, 0.15) is 11.8 Å². The van der Waals surface area contributed by atoms with E-state index in [1.54, 1.807) is 24.0 Å². The number of carbonyl (C=O) groups excluding carboxylic acids is 2. The fourth-order valence-electron chi connectivity index (χ4n) is 2.69. The molecule has 1 saturated carbocycles. The maximum Gasteiger partial charge on any atom is 0.272 e. The second-order valence-corrected chi connectivity index (χ2v) is 5.98. The number of nitrogens with zero attached hydrogens (tertiary/aromatic N) is 3. The van der Waals surface area contributed by atoms with Crippen LogP contribution in [-0.4, -0.2) is 40.8 Å². The van der Waals surface area contributed by atoms with Crippen LogP contribution in [0.5, 0.6) is 0 Å². The zero-order valence-corrected chi connectivity index (χ0v) is 12.5. The smallest absolute Gasteiger partial charge is 0.272 e. The van der Waals surface area contributed by atoms with Gasteiger partial charge in [0.2, 0.25) is 5.91 Å². The summed E-state index contributed by atoms with van der Waals surface area (Å²) in [6, 6.07) is 5.28. The van der Waals surface area contributed by atoms with Gasteiger partial charge in [0.05, 0.1) is 17.3 Å². The van der Waals surface area contributed by atoms with Gasteiger partial charge in [-0.3, -0.25) is 9.59 Å². The summed E-state index contributed by atoms with van der Waals surface area (Å²) in [7, 11) is 0. The molecule has 0 radical (unpaired) electrons. The Hall–Kier alpha value is -2.42. The second-order valence-electron chi connectivity index (χ2n) is 5.98. The lowest BCUT2D eigenvalue weighted by atomic mass is 9.84. The topological polar surface area (TPSA) is 86.1 Å². The standard InChI is InChI=1S/C16H18N4O2/c1-10-12(7-17)5-6-14(18-10)16(22)20-8-13(9-20)19-15(21)11-3-2-4-11/h5-6,11,13H,2-4,8-9H2,1H3,(H,19,21). The molecule has 2 aliphatic rings. The summed E-state index contributed by atoms with van der Waals surface area (Å²) in [4.78, 5) is 30.0. The molecule has 3 rings (SSSR count). The average Bonchev–Trinajstić information content (AvgIpc) is 2.39. The summed E-state index contributed by atoms with van der Waals surface area (Å²) in [6.45, 7) is 2.77. The number of nitrogens with one attached hydrogen (secondary N) is 1. The van der Waals surface area contributed by atoms with Crippen LogP contribution in [0.3, 0.4) is 0 Å². The molecule has 1 aliphatic heterocycles. The quantitative estimate of drug-likeness (QED) is 0.902. The van der Waals surface area contributed by atoms with Crippen molar-refractivity contribution in [2.24, 2.45) is 5.92 Å². The zero-order valence-electron chi connectivity index (χ0n) is 12.5. The minimum absolute atomic E-state index is 0.0523. The first kappa shape index (κ1) is 14.5. The molecular weight excluding hydrogens is 280 g/mol. The molecule has 22 heavy (non-hydrogen) atoms. The fraction of sp³-hybridized carbons (Fsp3) is 0.500. The number of hydrogen-bond acceptors (Lipinski definition) is 4. The van der Waals surface area contributed by atoms with Gasteiger partial charge < -0.3 is 10.2 Å². The molecule has 0 spiro atoms. The normalized spacial score (nSPS) is 18.1.